The standard InChI is InChI=1S/C15H16N2O6/c1-22-9-4-3-8(11(5-9)23-2)6-16-12-10(18)7-17(15(20)21)13(12)14(16)19/h3-5,12-13H,6-7H2,1-2H3,(H,20,21)/t12-,13+/m1/s1. The van der Waals surface area contributed by atoms with Crippen LogP contribution in [0.3, 0.4) is 0 Å². The zero-order chi connectivity index (χ0) is 16.7. The number of ketones is 1. The van der Waals surface area contributed by atoms with Crippen LogP contribution in [0.15, 0.2) is 18.2 Å². The molecule has 2 atom stereocenters. The van der Waals surface area contributed by atoms with E-state index in [-0.39, 0.29) is 24.8 Å². The molecule has 2 saturated heterocycles. The van der Waals surface area contributed by atoms with Gasteiger partial charge in [-0.25, -0.2) is 4.79 Å². The lowest BCUT2D eigenvalue weighted by Crippen LogP contribution is -2.67. The van der Waals surface area contributed by atoms with E-state index in [2.05, 4.69) is 0 Å². The van der Waals surface area contributed by atoms with Crippen LogP contribution < -0.4 is 9.47 Å². The third-order valence-electron chi connectivity index (χ3n) is 4.24. The van der Waals surface area contributed by atoms with E-state index in [9.17, 15) is 14.4 Å². The van der Waals surface area contributed by atoms with Crippen LogP contribution in [0.25, 0.3) is 0 Å². The number of carbonyl (C=O) groups is 3. The molecule has 122 valence electrons. The fourth-order valence-electron chi connectivity index (χ4n) is 3.07. The number of hydrogen-bond donors (Lipinski definition) is 1. The van der Waals surface area contributed by atoms with Crippen LogP contribution in [-0.4, -0.2) is 65.5 Å². The number of fused-ring (bicyclic) bond motifs is 1. The van der Waals surface area contributed by atoms with Gasteiger partial charge in [0.1, 0.15) is 23.6 Å². The van der Waals surface area contributed by atoms with E-state index < -0.39 is 18.2 Å². The summed E-state index contributed by atoms with van der Waals surface area (Å²) in [5, 5.41) is 9.06. The van der Waals surface area contributed by atoms with Gasteiger partial charge >= 0.3 is 6.09 Å². The van der Waals surface area contributed by atoms with Crippen LogP contribution in [-0.2, 0) is 16.1 Å². The lowest BCUT2D eigenvalue weighted by molar-refractivity contribution is -0.156. The van der Waals surface area contributed by atoms with Crippen molar-refractivity contribution in [2.75, 3.05) is 20.8 Å². The molecule has 1 aromatic rings. The molecule has 23 heavy (non-hydrogen) atoms. The first-order chi connectivity index (χ1) is 11.0. The summed E-state index contributed by atoms with van der Waals surface area (Å²) in [5.74, 6) is 0.541. The van der Waals surface area contributed by atoms with Gasteiger partial charge in [0.25, 0.3) is 0 Å². The third kappa shape index (κ3) is 2.26. The SMILES string of the molecule is COc1ccc(CN2C(=O)[C@@H]3[C@H]2C(=O)CN3C(=O)O)c(OC)c1. The number of β-lactam (4-membered cyclic amide) rings is 1. The number of carboxylic acid groups (broad SMARTS) is 1. The Morgan fingerprint density at radius 3 is 2.61 bits per heavy atom. The van der Waals surface area contributed by atoms with Crippen molar-refractivity contribution in [1.82, 2.24) is 9.80 Å². The first-order valence-electron chi connectivity index (χ1n) is 7.01. The predicted octanol–water partition coefficient (Wildman–Crippen LogP) is 0.346. The first kappa shape index (κ1) is 15.1. The molecular formula is C15H16N2O6. The number of rotatable bonds is 4. The van der Waals surface area contributed by atoms with Gasteiger partial charge in [-0.15, -0.1) is 0 Å². The fourth-order valence-corrected chi connectivity index (χ4v) is 3.07. The molecule has 0 aliphatic carbocycles. The molecule has 1 N–H and O–H groups in total. The molecular weight excluding hydrogens is 304 g/mol. The van der Waals surface area contributed by atoms with E-state index in [1.54, 1.807) is 18.2 Å². The number of methoxy groups -OCH3 is 2. The van der Waals surface area contributed by atoms with Crippen molar-refractivity contribution in [3.8, 4) is 11.5 Å². The summed E-state index contributed by atoms with van der Waals surface area (Å²) in [6, 6.07) is 3.60. The smallest absolute Gasteiger partial charge is 0.408 e. The van der Waals surface area contributed by atoms with E-state index in [0.717, 1.165) is 10.5 Å². The Bertz CT molecular complexity index is 689. The second-order valence-corrected chi connectivity index (χ2v) is 5.41. The summed E-state index contributed by atoms with van der Waals surface area (Å²) in [5.41, 5.74) is 0.724. The topological polar surface area (TPSA) is 96.4 Å². The van der Waals surface area contributed by atoms with Crippen LogP contribution >= 0.6 is 0 Å². The molecule has 0 unspecified atom stereocenters. The lowest BCUT2D eigenvalue weighted by Gasteiger charge is -2.43. The molecule has 2 heterocycles. The lowest BCUT2D eigenvalue weighted by atomic mass is 9.94. The molecule has 2 amide bonds. The highest BCUT2D eigenvalue weighted by molar-refractivity contribution is 6.08. The van der Waals surface area contributed by atoms with Crippen molar-refractivity contribution in [3.05, 3.63) is 23.8 Å². The Morgan fingerprint density at radius 1 is 1.26 bits per heavy atom. The Balaban J connectivity index is 1.81. The highest BCUT2D eigenvalue weighted by Crippen LogP contribution is 2.35. The average molecular weight is 320 g/mol. The van der Waals surface area contributed by atoms with Crippen LogP contribution in [0.5, 0.6) is 11.5 Å². The molecule has 8 heteroatoms. The number of hydrogen-bond acceptors (Lipinski definition) is 5. The number of ether oxygens (including phenoxy) is 2. The van der Waals surface area contributed by atoms with Crippen molar-refractivity contribution < 1.29 is 29.0 Å². The van der Waals surface area contributed by atoms with Gasteiger partial charge in [0.15, 0.2) is 5.78 Å². The second kappa shape index (κ2) is 5.45. The molecule has 2 aliphatic rings. The number of nitrogens with zero attached hydrogens (tertiary/aromatic N) is 2. The fraction of sp³-hybridized carbons (Fsp3) is 0.400. The quantitative estimate of drug-likeness (QED) is 0.804. The molecule has 2 fully saturated rings. The Hall–Kier alpha value is -2.77. The van der Waals surface area contributed by atoms with E-state index >= 15 is 0 Å². The van der Waals surface area contributed by atoms with Crippen molar-refractivity contribution in [2.24, 2.45) is 0 Å². The van der Waals surface area contributed by atoms with Crippen molar-refractivity contribution in [3.63, 3.8) is 0 Å². The Morgan fingerprint density at radius 2 is 2.00 bits per heavy atom. The third-order valence-corrected chi connectivity index (χ3v) is 4.24. The van der Waals surface area contributed by atoms with E-state index in [1.165, 1.54) is 19.1 Å². The van der Waals surface area contributed by atoms with E-state index in [4.69, 9.17) is 14.6 Å². The number of benzene rings is 1. The second-order valence-electron chi connectivity index (χ2n) is 5.41. The Labute approximate surface area is 132 Å². The van der Waals surface area contributed by atoms with E-state index in [0.29, 0.717) is 11.5 Å². The monoisotopic (exact) mass is 320 g/mol. The minimum atomic E-state index is -1.25. The summed E-state index contributed by atoms with van der Waals surface area (Å²) in [4.78, 5) is 37.6. The molecule has 1 aromatic carbocycles. The minimum absolute atomic E-state index is 0.187. The van der Waals surface area contributed by atoms with E-state index in [1.807, 2.05) is 0 Å². The molecule has 0 saturated carbocycles. The van der Waals surface area contributed by atoms with Crippen LogP contribution in [0, 0.1) is 0 Å². The number of Topliss-reactive ketones (excluding diaryl/α,β-unsaturated/α-hetero) is 1. The average Bonchev–Trinajstić information content (AvgIpc) is 2.86. The van der Waals surface area contributed by atoms with Gasteiger partial charge in [0.05, 0.1) is 27.3 Å². The van der Waals surface area contributed by atoms with Crippen molar-refractivity contribution >= 4 is 17.8 Å². The van der Waals surface area contributed by atoms with Crippen molar-refractivity contribution in [1.29, 1.82) is 0 Å². The number of amides is 2. The summed E-state index contributed by atoms with van der Waals surface area (Å²) in [7, 11) is 3.04. The van der Waals surface area contributed by atoms with Gasteiger partial charge in [-0.2, -0.15) is 0 Å². The molecule has 0 spiro atoms. The van der Waals surface area contributed by atoms with Gasteiger partial charge in [0.2, 0.25) is 5.91 Å². The summed E-state index contributed by atoms with van der Waals surface area (Å²) < 4.78 is 10.4. The molecule has 0 radical (unpaired) electrons. The molecule has 8 nitrogen and oxygen atoms in total. The zero-order valence-corrected chi connectivity index (χ0v) is 12.7. The molecule has 3 rings (SSSR count). The maximum Gasteiger partial charge on any atom is 0.408 e. The maximum atomic E-state index is 12.2. The predicted molar refractivity (Wildman–Crippen MR) is 77.4 cm³/mol. The maximum absolute atomic E-state index is 12.2. The van der Waals surface area contributed by atoms with Gasteiger partial charge in [-0.3, -0.25) is 14.5 Å². The normalized spacial score (nSPS) is 22.7. The molecule has 0 aromatic heterocycles. The number of likely N-dealkylation sites (tertiary alicyclic amines) is 2. The van der Waals surface area contributed by atoms with Crippen LogP contribution in [0.2, 0.25) is 0 Å². The number of carbonyl (C=O) groups excluding carboxylic acids is 2. The Kier molecular flexibility index (Phi) is 3.59. The zero-order valence-electron chi connectivity index (χ0n) is 12.7. The summed E-state index contributed by atoms with van der Waals surface area (Å²) >= 11 is 0. The van der Waals surface area contributed by atoms with Gasteiger partial charge in [0, 0.05) is 11.6 Å². The van der Waals surface area contributed by atoms with Crippen LogP contribution in [0.1, 0.15) is 5.56 Å². The van der Waals surface area contributed by atoms with Gasteiger partial charge in [-0.05, 0) is 12.1 Å². The summed E-state index contributed by atoms with van der Waals surface area (Å²) in [6.07, 6.45) is -1.25. The van der Waals surface area contributed by atoms with Gasteiger partial charge in [-0.1, -0.05) is 0 Å². The molecule has 2 aliphatic heterocycles. The minimum Gasteiger partial charge on any atom is -0.497 e. The largest absolute Gasteiger partial charge is 0.497 e. The highest BCUT2D eigenvalue weighted by Gasteiger charge is 2.60. The highest BCUT2D eigenvalue weighted by atomic mass is 16.5. The van der Waals surface area contributed by atoms with Gasteiger partial charge < -0.3 is 19.5 Å². The van der Waals surface area contributed by atoms with Crippen molar-refractivity contribution in [2.45, 2.75) is 18.6 Å². The first-order valence-corrected chi connectivity index (χ1v) is 7.01. The van der Waals surface area contributed by atoms with Crippen LogP contribution in [0.4, 0.5) is 4.79 Å². The molecule has 0 bridgehead atoms. The summed E-state index contributed by atoms with van der Waals surface area (Å²) in [6.45, 7) is -0.0565.